The molecule has 0 heterocycles. The number of hydrogen-bond acceptors (Lipinski definition) is 3. The zero-order valence-corrected chi connectivity index (χ0v) is 10.1. The molecule has 3 N–H and O–H groups in total. The van der Waals surface area contributed by atoms with Crippen LogP contribution in [0.15, 0.2) is 26.0 Å². The second-order valence-corrected chi connectivity index (χ2v) is 5.41. The lowest BCUT2D eigenvalue weighted by atomic mass is 10.3. The van der Waals surface area contributed by atoms with Gasteiger partial charge in [-0.15, -0.1) is 0 Å². The predicted molar refractivity (Wildman–Crippen MR) is 56.1 cm³/mol. The number of anilines is 1. The van der Waals surface area contributed by atoms with Crippen molar-refractivity contribution in [3.05, 3.63) is 21.1 Å². The van der Waals surface area contributed by atoms with Gasteiger partial charge in [0.15, 0.2) is 0 Å². The molecule has 13 heavy (non-hydrogen) atoms. The molecule has 7 heteroatoms. The maximum absolute atomic E-state index is 10.7. The van der Waals surface area contributed by atoms with Gasteiger partial charge in [-0.2, -0.15) is 8.42 Å². The Bertz CT molecular complexity index is 420. The van der Waals surface area contributed by atoms with Crippen molar-refractivity contribution in [2.45, 2.75) is 4.90 Å². The minimum absolute atomic E-state index is 0.208. The number of benzene rings is 1. The van der Waals surface area contributed by atoms with Gasteiger partial charge in [-0.3, -0.25) is 4.55 Å². The zero-order chi connectivity index (χ0) is 10.2. The Kier molecular flexibility index (Phi) is 3.01. The van der Waals surface area contributed by atoms with Crippen LogP contribution in [0.3, 0.4) is 0 Å². The third kappa shape index (κ3) is 2.43. The molecule has 0 aliphatic carbocycles. The molecule has 0 aliphatic heterocycles. The fraction of sp³-hybridized carbons (Fsp3) is 0. The molecule has 0 fully saturated rings. The molecular formula is C6H5Br2NO3S. The monoisotopic (exact) mass is 329 g/mol. The van der Waals surface area contributed by atoms with E-state index < -0.39 is 10.1 Å². The van der Waals surface area contributed by atoms with Gasteiger partial charge in [-0.1, -0.05) is 0 Å². The number of halogens is 2. The van der Waals surface area contributed by atoms with Crippen LogP contribution in [0.25, 0.3) is 0 Å². The SMILES string of the molecule is Nc1c(Br)cc(S(=O)(=O)O)cc1Br. The van der Waals surface area contributed by atoms with E-state index in [0.29, 0.717) is 14.6 Å². The first kappa shape index (κ1) is 11.0. The lowest BCUT2D eigenvalue weighted by Gasteiger charge is -2.03. The van der Waals surface area contributed by atoms with E-state index in [9.17, 15) is 8.42 Å². The third-order valence-electron chi connectivity index (χ3n) is 1.35. The summed E-state index contributed by atoms with van der Waals surface area (Å²) in [5, 5.41) is 0. The quantitative estimate of drug-likeness (QED) is 0.610. The Hall–Kier alpha value is -0.110. The summed E-state index contributed by atoms with van der Waals surface area (Å²) < 4.78 is 31.0. The van der Waals surface area contributed by atoms with E-state index in [2.05, 4.69) is 31.9 Å². The topological polar surface area (TPSA) is 80.4 Å². The summed E-state index contributed by atoms with van der Waals surface area (Å²) in [5.41, 5.74) is 5.91. The van der Waals surface area contributed by atoms with Crippen LogP contribution in [0, 0.1) is 0 Å². The van der Waals surface area contributed by atoms with Gasteiger partial charge in [0.25, 0.3) is 10.1 Å². The van der Waals surface area contributed by atoms with Gasteiger partial charge >= 0.3 is 0 Å². The van der Waals surface area contributed by atoms with Crippen molar-refractivity contribution in [3.8, 4) is 0 Å². The van der Waals surface area contributed by atoms with Crippen molar-refractivity contribution in [3.63, 3.8) is 0 Å². The molecule has 0 saturated carbocycles. The Morgan fingerprint density at radius 2 is 1.62 bits per heavy atom. The molecule has 72 valence electrons. The number of nitrogen functional groups attached to an aromatic ring is 1. The van der Waals surface area contributed by atoms with Crippen LogP contribution in [0.4, 0.5) is 5.69 Å². The van der Waals surface area contributed by atoms with E-state index in [0.717, 1.165) is 0 Å². The van der Waals surface area contributed by atoms with Gasteiger partial charge in [-0.25, -0.2) is 0 Å². The summed E-state index contributed by atoms with van der Waals surface area (Å²) in [5.74, 6) is 0. The molecule has 1 aromatic carbocycles. The average Bonchev–Trinajstić information content (AvgIpc) is 1.97. The highest BCUT2D eigenvalue weighted by Gasteiger charge is 2.13. The molecule has 1 rings (SSSR count). The lowest BCUT2D eigenvalue weighted by molar-refractivity contribution is 0.483. The molecule has 0 bridgehead atoms. The van der Waals surface area contributed by atoms with Crippen LogP contribution in [0.2, 0.25) is 0 Å². The first-order chi connectivity index (χ1) is 5.82. The molecule has 4 nitrogen and oxygen atoms in total. The van der Waals surface area contributed by atoms with E-state index in [-0.39, 0.29) is 4.90 Å². The fourth-order valence-electron chi connectivity index (χ4n) is 0.710. The standard InChI is InChI=1S/C6H5Br2NO3S/c7-4-1-3(13(10,11)12)2-5(8)6(4)9/h1-2H,9H2,(H,10,11,12). The molecule has 0 unspecified atom stereocenters. The summed E-state index contributed by atoms with van der Waals surface area (Å²) in [4.78, 5) is -0.208. The maximum Gasteiger partial charge on any atom is 0.294 e. The minimum Gasteiger partial charge on any atom is -0.397 e. The highest BCUT2D eigenvalue weighted by atomic mass is 79.9. The average molecular weight is 331 g/mol. The second-order valence-electron chi connectivity index (χ2n) is 2.28. The smallest absolute Gasteiger partial charge is 0.294 e. The Labute approximate surface area is 92.1 Å². The molecule has 0 atom stereocenters. The van der Waals surface area contributed by atoms with E-state index in [1.807, 2.05) is 0 Å². The van der Waals surface area contributed by atoms with Gasteiger partial charge in [0, 0.05) is 8.95 Å². The maximum atomic E-state index is 10.7. The Morgan fingerprint density at radius 1 is 1.23 bits per heavy atom. The molecule has 0 amide bonds. The summed E-state index contributed by atoms with van der Waals surface area (Å²) >= 11 is 6.12. The third-order valence-corrected chi connectivity index (χ3v) is 3.49. The van der Waals surface area contributed by atoms with Crippen LogP contribution < -0.4 is 5.73 Å². The van der Waals surface area contributed by atoms with E-state index in [1.54, 1.807) is 0 Å². The molecule has 0 aliphatic rings. The number of rotatable bonds is 1. The molecule has 0 aromatic heterocycles. The lowest BCUT2D eigenvalue weighted by Crippen LogP contribution is -1.99. The summed E-state index contributed by atoms with van der Waals surface area (Å²) in [6, 6.07) is 2.46. The van der Waals surface area contributed by atoms with Gasteiger partial charge in [0.2, 0.25) is 0 Å². The van der Waals surface area contributed by atoms with Crippen molar-refractivity contribution in [2.24, 2.45) is 0 Å². The van der Waals surface area contributed by atoms with E-state index in [1.165, 1.54) is 12.1 Å². The molecule has 0 saturated heterocycles. The van der Waals surface area contributed by atoms with Crippen LogP contribution in [0.1, 0.15) is 0 Å². The summed E-state index contributed by atoms with van der Waals surface area (Å²) in [7, 11) is -4.18. The fourth-order valence-corrected chi connectivity index (χ4v) is 2.73. The minimum atomic E-state index is -4.18. The summed E-state index contributed by atoms with van der Waals surface area (Å²) in [6.07, 6.45) is 0. The van der Waals surface area contributed by atoms with Crippen molar-refractivity contribution in [1.82, 2.24) is 0 Å². The first-order valence-corrected chi connectivity index (χ1v) is 6.07. The Balaban J connectivity index is 3.47. The van der Waals surface area contributed by atoms with Crippen molar-refractivity contribution >= 4 is 47.7 Å². The van der Waals surface area contributed by atoms with E-state index in [4.69, 9.17) is 10.3 Å². The number of nitrogens with two attached hydrogens (primary N) is 1. The largest absolute Gasteiger partial charge is 0.397 e. The van der Waals surface area contributed by atoms with Crippen LogP contribution in [-0.4, -0.2) is 13.0 Å². The summed E-state index contributed by atoms with van der Waals surface area (Å²) in [6.45, 7) is 0. The highest BCUT2D eigenvalue weighted by molar-refractivity contribution is 9.11. The molecule has 0 radical (unpaired) electrons. The van der Waals surface area contributed by atoms with Crippen molar-refractivity contribution in [2.75, 3.05) is 5.73 Å². The van der Waals surface area contributed by atoms with E-state index >= 15 is 0 Å². The van der Waals surface area contributed by atoms with Crippen LogP contribution >= 0.6 is 31.9 Å². The van der Waals surface area contributed by atoms with Gasteiger partial charge in [0.05, 0.1) is 10.6 Å². The molecule has 1 aromatic rings. The van der Waals surface area contributed by atoms with Crippen molar-refractivity contribution < 1.29 is 13.0 Å². The predicted octanol–water partition coefficient (Wildman–Crippen LogP) is 2.04. The Morgan fingerprint density at radius 3 is 1.92 bits per heavy atom. The second kappa shape index (κ2) is 3.56. The van der Waals surface area contributed by atoms with Gasteiger partial charge in [0.1, 0.15) is 0 Å². The van der Waals surface area contributed by atoms with Crippen molar-refractivity contribution in [1.29, 1.82) is 0 Å². The zero-order valence-electron chi connectivity index (χ0n) is 6.16. The molecular weight excluding hydrogens is 326 g/mol. The first-order valence-electron chi connectivity index (χ1n) is 3.04. The normalized spacial score (nSPS) is 11.6. The van der Waals surface area contributed by atoms with Crippen LogP contribution in [0.5, 0.6) is 0 Å². The number of hydrogen-bond donors (Lipinski definition) is 2. The highest BCUT2D eigenvalue weighted by Crippen LogP contribution is 2.31. The van der Waals surface area contributed by atoms with Gasteiger partial charge in [-0.05, 0) is 44.0 Å². The van der Waals surface area contributed by atoms with Crippen LogP contribution in [-0.2, 0) is 10.1 Å². The van der Waals surface area contributed by atoms with Gasteiger partial charge < -0.3 is 5.73 Å². The molecule has 0 spiro atoms.